The molecule has 8 nitrogen and oxygen atoms in total. The number of nitrogens with zero attached hydrogens (tertiary/aromatic N) is 1. The van der Waals surface area contributed by atoms with E-state index in [1.165, 1.54) is 11.8 Å². The van der Waals surface area contributed by atoms with Gasteiger partial charge in [0, 0.05) is 0 Å². The number of ether oxygens (including phenoxy) is 2. The Morgan fingerprint density at radius 2 is 1.35 bits per heavy atom. The maximum absolute atomic E-state index is 13.7. The molecule has 0 radical (unpaired) electrons. The monoisotopic (exact) mass is 540 g/mol. The van der Waals surface area contributed by atoms with Crippen molar-refractivity contribution in [2.24, 2.45) is 0 Å². The summed E-state index contributed by atoms with van der Waals surface area (Å²) in [6.45, 7) is 4.44. The Morgan fingerprint density at radius 3 is 1.85 bits per heavy atom. The quantitative estimate of drug-likeness (QED) is 0.223. The molecule has 2 atom stereocenters. The van der Waals surface area contributed by atoms with E-state index in [1.807, 2.05) is 91.0 Å². The summed E-state index contributed by atoms with van der Waals surface area (Å²) in [6, 6.07) is 26.7. The van der Waals surface area contributed by atoms with Crippen LogP contribution in [0.2, 0.25) is 0 Å². The van der Waals surface area contributed by atoms with Gasteiger partial charge in [0.25, 0.3) is 5.91 Å². The highest BCUT2D eigenvalue weighted by Crippen LogP contribution is 2.32. The van der Waals surface area contributed by atoms with E-state index >= 15 is 0 Å². The third-order valence-electron chi connectivity index (χ3n) is 6.36. The first-order valence-corrected chi connectivity index (χ1v) is 13.0. The predicted octanol–water partition coefficient (Wildman–Crippen LogP) is 4.11. The summed E-state index contributed by atoms with van der Waals surface area (Å²) in [5.74, 6) is -1.89. The first-order chi connectivity index (χ1) is 19.3. The molecule has 3 aromatic rings. The lowest BCUT2D eigenvalue weighted by atomic mass is 9.99. The van der Waals surface area contributed by atoms with Crippen LogP contribution < -0.4 is 5.32 Å². The van der Waals surface area contributed by atoms with Gasteiger partial charge in [-0.05, 0) is 43.0 Å². The van der Waals surface area contributed by atoms with Gasteiger partial charge in [-0.15, -0.1) is 0 Å². The summed E-state index contributed by atoms with van der Waals surface area (Å²) in [4.78, 5) is 52.7. The van der Waals surface area contributed by atoms with Crippen molar-refractivity contribution in [3.63, 3.8) is 0 Å². The molecule has 1 saturated heterocycles. The molecule has 1 fully saturated rings. The third-order valence-corrected chi connectivity index (χ3v) is 6.36. The van der Waals surface area contributed by atoms with Gasteiger partial charge < -0.3 is 14.8 Å². The van der Waals surface area contributed by atoms with Gasteiger partial charge in [-0.1, -0.05) is 91.0 Å². The van der Waals surface area contributed by atoms with E-state index < -0.39 is 30.3 Å². The van der Waals surface area contributed by atoms with Gasteiger partial charge in [-0.3, -0.25) is 19.3 Å². The van der Waals surface area contributed by atoms with E-state index in [2.05, 4.69) is 5.32 Å². The number of hydrogen-bond acceptors (Lipinski definition) is 6. The molecule has 0 aliphatic carbocycles. The highest BCUT2D eigenvalue weighted by molar-refractivity contribution is 6.01. The van der Waals surface area contributed by atoms with Crippen molar-refractivity contribution >= 4 is 23.6 Å². The van der Waals surface area contributed by atoms with E-state index in [9.17, 15) is 19.2 Å². The number of likely N-dealkylation sites (tertiary alicyclic amines) is 1. The summed E-state index contributed by atoms with van der Waals surface area (Å²) < 4.78 is 11.8. The maximum Gasteiger partial charge on any atom is 0.356 e. The molecule has 0 aromatic heterocycles. The van der Waals surface area contributed by atoms with Crippen molar-refractivity contribution in [3.05, 3.63) is 119 Å². The third kappa shape index (κ3) is 6.71. The molecule has 0 bridgehead atoms. The minimum Gasteiger partial charge on any atom is -0.448 e. The first-order valence-electron chi connectivity index (χ1n) is 13.0. The van der Waals surface area contributed by atoms with E-state index in [1.54, 1.807) is 13.8 Å². The predicted molar refractivity (Wildman–Crippen MR) is 149 cm³/mol. The second kappa shape index (κ2) is 13.0. The van der Waals surface area contributed by atoms with Gasteiger partial charge in [-0.25, -0.2) is 4.79 Å². The van der Waals surface area contributed by atoms with Gasteiger partial charge >= 0.3 is 5.97 Å². The highest BCUT2D eigenvalue weighted by atomic mass is 16.5. The Hall–Kier alpha value is -4.56. The molecule has 3 aromatic carbocycles. The molecule has 0 saturated carbocycles. The summed E-state index contributed by atoms with van der Waals surface area (Å²) >= 11 is 0. The van der Waals surface area contributed by atoms with Crippen LogP contribution in [0.1, 0.15) is 43.6 Å². The smallest absolute Gasteiger partial charge is 0.356 e. The largest absolute Gasteiger partial charge is 0.448 e. The lowest BCUT2D eigenvalue weighted by Crippen LogP contribution is -2.72. The standard InChI is InChI=1S/C32H32N2O6/c1-21(2)28(32(38)40-29(24-15-9-5-10-16-24)25-17-11-6-12-18-25)34-30(37)27(31(34)39-20-22(3)35)33-26(36)19-23-13-7-4-8-14-23/h4-18,27,29,31H,19-20H2,1-3H3,(H,33,36)/t27-,31+/m0/s1. The topological polar surface area (TPSA) is 102 Å². The van der Waals surface area contributed by atoms with Gasteiger partial charge in [0.15, 0.2) is 24.2 Å². The first kappa shape index (κ1) is 28.4. The van der Waals surface area contributed by atoms with E-state index in [0.29, 0.717) is 5.57 Å². The molecule has 40 heavy (non-hydrogen) atoms. The summed E-state index contributed by atoms with van der Waals surface area (Å²) in [7, 11) is 0. The van der Waals surface area contributed by atoms with Gasteiger partial charge in [0.2, 0.25) is 5.91 Å². The Kier molecular flexibility index (Phi) is 9.24. The fourth-order valence-corrected chi connectivity index (χ4v) is 4.50. The van der Waals surface area contributed by atoms with Crippen LogP contribution in [0.4, 0.5) is 0 Å². The molecule has 1 heterocycles. The number of esters is 1. The number of benzene rings is 3. The van der Waals surface area contributed by atoms with Crippen LogP contribution in [0.15, 0.2) is 102 Å². The SMILES string of the molecule is CC(=O)CO[C@@H]1[C@@H](NC(=O)Cc2ccccc2)C(=O)N1C(C(=O)OC(c1ccccc1)c1ccccc1)=C(C)C. The zero-order valence-corrected chi connectivity index (χ0v) is 22.7. The number of β-lactam (4-membered cyclic amide) rings is 1. The van der Waals surface area contributed by atoms with Crippen molar-refractivity contribution in [2.45, 2.75) is 45.6 Å². The highest BCUT2D eigenvalue weighted by Gasteiger charge is 2.53. The molecule has 1 aliphatic heterocycles. The number of allylic oxidation sites excluding steroid dienone is 1. The molecule has 0 unspecified atom stereocenters. The average molecular weight is 541 g/mol. The van der Waals surface area contributed by atoms with Gasteiger partial charge in [-0.2, -0.15) is 0 Å². The molecular weight excluding hydrogens is 508 g/mol. The second-order valence-corrected chi connectivity index (χ2v) is 9.77. The molecule has 206 valence electrons. The Labute approximate surface area is 233 Å². The van der Waals surface area contributed by atoms with Crippen LogP contribution in [0.5, 0.6) is 0 Å². The van der Waals surface area contributed by atoms with Crippen LogP contribution in [0.3, 0.4) is 0 Å². The Morgan fingerprint density at radius 1 is 0.825 bits per heavy atom. The van der Waals surface area contributed by atoms with E-state index in [-0.39, 0.29) is 30.4 Å². The van der Waals surface area contributed by atoms with Crippen LogP contribution in [0, 0.1) is 0 Å². The average Bonchev–Trinajstić information content (AvgIpc) is 2.95. The van der Waals surface area contributed by atoms with Gasteiger partial charge in [0.1, 0.15) is 12.3 Å². The number of amides is 2. The number of Topliss-reactive ketones (excluding diaryl/α,β-unsaturated/α-hetero) is 1. The van der Waals surface area contributed by atoms with Crippen LogP contribution in [0.25, 0.3) is 0 Å². The van der Waals surface area contributed by atoms with E-state index in [0.717, 1.165) is 16.7 Å². The van der Waals surface area contributed by atoms with Crippen molar-refractivity contribution in [1.82, 2.24) is 10.2 Å². The number of hydrogen-bond donors (Lipinski definition) is 1. The number of ketones is 1. The lowest BCUT2D eigenvalue weighted by molar-refractivity contribution is -0.183. The molecule has 1 N–H and O–H groups in total. The maximum atomic E-state index is 13.7. The number of carbonyl (C=O) groups is 4. The van der Waals surface area contributed by atoms with Crippen LogP contribution in [-0.2, 0) is 35.1 Å². The van der Waals surface area contributed by atoms with Gasteiger partial charge in [0.05, 0.1) is 6.42 Å². The number of rotatable bonds is 11. The van der Waals surface area contributed by atoms with Crippen molar-refractivity contribution in [2.75, 3.05) is 6.61 Å². The molecule has 4 rings (SSSR count). The molecule has 0 spiro atoms. The van der Waals surface area contributed by atoms with Crippen molar-refractivity contribution in [3.8, 4) is 0 Å². The van der Waals surface area contributed by atoms with Crippen LogP contribution >= 0.6 is 0 Å². The molecule has 8 heteroatoms. The lowest BCUT2D eigenvalue weighted by Gasteiger charge is -2.47. The summed E-state index contributed by atoms with van der Waals surface area (Å²) in [5.41, 5.74) is 2.83. The van der Waals surface area contributed by atoms with Crippen molar-refractivity contribution < 1.29 is 28.7 Å². The molecular formula is C32H32N2O6. The fourth-order valence-electron chi connectivity index (χ4n) is 4.50. The Balaban J connectivity index is 1.57. The normalized spacial score (nSPS) is 16.2. The molecule has 2 amide bonds. The summed E-state index contributed by atoms with van der Waals surface area (Å²) in [5, 5.41) is 2.70. The minimum atomic E-state index is -1.06. The van der Waals surface area contributed by atoms with Crippen LogP contribution in [-0.4, -0.2) is 47.3 Å². The Bertz CT molecular complexity index is 1350. The second-order valence-electron chi connectivity index (χ2n) is 9.77. The van der Waals surface area contributed by atoms with E-state index in [4.69, 9.17) is 9.47 Å². The minimum absolute atomic E-state index is 0.00368. The zero-order chi connectivity index (χ0) is 28.6. The molecule has 1 aliphatic rings. The number of nitrogens with one attached hydrogen (secondary N) is 1. The summed E-state index contributed by atoms with van der Waals surface area (Å²) in [6.07, 6.45) is -1.71. The zero-order valence-electron chi connectivity index (χ0n) is 22.7. The van der Waals surface area contributed by atoms with Crippen molar-refractivity contribution in [1.29, 1.82) is 0 Å². The fraction of sp³-hybridized carbons (Fsp3) is 0.250. The number of carbonyl (C=O) groups excluding carboxylic acids is 4.